The maximum absolute atomic E-state index is 6.31. The fraction of sp³-hybridized carbons (Fsp3) is 0.348. The van der Waals surface area contributed by atoms with E-state index in [2.05, 4.69) is 88.1 Å². The Morgan fingerprint density at radius 1 is 1.15 bits per heavy atom. The molecule has 2 aromatic heterocycles. The number of nitrogens with zero attached hydrogens (tertiary/aromatic N) is 2. The van der Waals surface area contributed by atoms with E-state index >= 15 is 0 Å². The fourth-order valence-corrected chi connectivity index (χ4v) is 4.01. The van der Waals surface area contributed by atoms with Gasteiger partial charge in [-0.2, -0.15) is 0 Å². The molecule has 0 saturated carbocycles. The number of pyridine rings is 1. The lowest BCUT2D eigenvalue weighted by atomic mass is 9.83. The summed E-state index contributed by atoms with van der Waals surface area (Å²) in [6, 6.07) is 6.60. The van der Waals surface area contributed by atoms with Gasteiger partial charge in [0.2, 0.25) is 5.71 Å². The Labute approximate surface area is 155 Å². The summed E-state index contributed by atoms with van der Waals surface area (Å²) in [5.74, 6) is 0.444. The Morgan fingerprint density at radius 3 is 2.65 bits per heavy atom. The van der Waals surface area contributed by atoms with Crippen LogP contribution in [-0.2, 0) is 5.54 Å². The first-order chi connectivity index (χ1) is 12.3. The number of hydrogen-bond acceptors (Lipinski definition) is 3. The van der Waals surface area contributed by atoms with Crippen LogP contribution in [0.3, 0.4) is 0 Å². The number of furan rings is 1. The second-order valence-electron chi connectivity index (χ2n) is 7.97. The van der Waals surface area contributed by atoms with Crippen molar-refractivity contribution in [2.24, 2.45) is 0 Å². The minimum atomic E-state index is -0.253. The van der Waals surface area contributed by atoms with Crippen LogP contribution in [0.2, 0.25) is 0 Å². The van der Waals surface area contributed by atoms with Gasteiger partial charge in [-0.3, -0.25) is 0 Å². The average Bonchev–Trinajstić information content (AvgIpc) is 2.95. The van der Waals surface area contributed by atoms with Gasteiger partial charge in [0.25, 0.3) is 0 Å². The predicted molar refractivity (Wildman–Crippen MR) is 108 cm³/mol. The third-order valence-electron chi connectivity index (χ3n) is 5.70. The zero-order valence-corrected chi connectivity index (χ0v) is 16.4. The van der Waals surface area contributed by atoms with Gasteiger partial charge in [0.15, 0.2) is 0 Å². The molecule has 3 heteroatoms. The zero-order valence-electron chi connectivity index (χ0n) is 16.4. The van der Waals surface area contributed by atoms with E-state index in [1.54, 1.807) is 0 Å². The van der Waals surface area contributed by atoms with Crippen LogP contribution in [0.4, 0.5) is 0 Å². The molecule has 3 aromatic rings. The number of hydrogen-bond donors (Lipinski definition) is 0. The Kier molecular flexibility index (Phi) is 3.72. The first-order valence-electron chi connectivity index (χ1n) is 9.24. The normalized spacial score (nSPS) is 20.4. The Balaban J connectivity index is 2.05. The molecule has 0 bridgehead atoms. The first kappa shape index (κ1) is 16.9. The monoisotopic (exact) mass is 346 g/mol. The van der Waals surface area contributed by atoms with Gasteiger partial charge < -0.3 is 9.32 Å². The molecule has 0 saturated heterocycles. The maximum atomic E-state index is 6.31. The van der Waals surface area contributed by atoms with Crippen molar-refractivity contribution in [2.45, 2.75) is 46.1 Å². The SMILES string of the molecule is CC1=CC(C)(c2c(C)ccc3c2oc2ncc(C(C)C)cc23)N(C)C=C1. The summed E-state index contributed by atoms with van der Waals surface area (Å²) in [5.41, 5.74) is 6.36. The molecule has 0 spiro atoms. The number of rotatable bonds is 2. The summed E-state index contributed by atoms with van der Waals surface area (Å²) < 4.78 is 6.31. The van der Waals surface area contributed by atoms with E-state index in [-0.39, 0.29) is 5.54 Å². The van der Waals surface area contributed by atoms with Gasteiger partial charge >= 0.3 is 0 Å². The van der Waals surface area contributed by atoms with Crippen molar-refractivity contribution in [3.8, 4) is 0 Å². The molecule has 3 nitrogen and oxygen atoms in total. The van der Waals surface area contributed by atoms with Gasteiger partial charge in [0.1, 0.15) is 5.58 Å². The largest absolute Gasteiger partial charge is 0.437 e. The van der Waals surface area contributed by atoms with E-state index < -0.39 is 0 Å². The van der Waals surface area contributed by atoms with Crippen LogP contribution >= 0.6 is 0 Å². The van der Waals surface area contributed by atoms with Crippen LogP contribution in [0.5, 0.6) is 0 Å². The van der Waals surface area contributed by atoms with Crippen molar-refractivity contribution >= 4 is 22.1 Å². The molecule has 1 aliphatic heterocycles. The van der Waals surface area contributed by atoms with E-state index in [9.17, 15) is 0 Å². The van der Waals surface area contributed by atoms with Crippen molar-refractivity contribution in [1.82, 2.24) is 9.88 Å². The maximum Gasteiger partial charge on any atom is 0.227 e. The van der Waals surface area contributed by atoms with E-state index in [0.717, 1.165) is 22.1 Å². The first-order valence-corrected chi connectivity index (χ1v) is 9.24. The summed E-state index contributed by atoms with van der Waals surface area (Å²) in [4.78, 5) is 6.85. The molecule has 1 aliphatic rings. The molecule has 134 valence electrons. The van der Waals surface area contributed by atoms with Gasteiger partial charge in [-0.25, -0.2) is 4.98 Å². The quantitative estimate of drug-likeness (QED) is 0.567. The molecule has 1 aromatic carbocycles. The van der Waals surface area contributed by atoms with Crippen LogP contribution in [-0.4, -0.2) is 16.9 Å². The molecular weight excluding hydrogens is 320 g/mol. The fourth-order valence-electron chi connectivity index (χ4n) is 4.01. The molecule has 0 aliphatic carbocycles. The highest BCUT2D eigenvalue weighted by molar-refractivity contribution is 6.05. The molecule has 4 rings (SSSR count). The van der Waals surface area contributed by atoms with Crippen LogP contribution < -0.4 is 0 Å². The molecule has 0 radical (unpaired) electrons. The molecule has 26 heavy (non-hydrogen) atoms. The molecule has 1 unspecified atom stereocenters. The average molecular weight is 346 g/mol. The van der Waals surface area contributed by atoms with E-state index in [1.165, 1.54) is 22.3 Å². The van der Waals surface area contributed by atoms with Gasteiger partial charge in [0, 0.05) is 35.8 Å². The van der Waals surface area contributed by atoms with Crippen LogP contribution in [0.1, 0.15) is 50.3 Å². The lowest BCUT2D eigenvalue weighted by Gasteiger charge is -2.39. The van der Waals surface area contributed by atoms with Crippen molar-refractivity contribution in [3.63, 3.8) is 0 Å². The highest BCUT2D eigenvalue weighted by Gasteiger charge is 2.34. The molecule has 0 fully saturated rings. The van der Waals surface area contributed by atoms with Crippen molar-refractivity contribution in [3.05, 3.63) is 65.0 Å². The van der Waals surface area contributed by atoms with Gasteiger partial charge in [-0.1, -0.05) is 37.6 Å². The highest BCUT2D eigenvalue weighted by Crippen LogP contribution is 2.42. The van der Waals surface area contributed by atoms with E-state index in [1.807, 2.05) is 6.20 Å². The summed E-state index contributed by atoms with van der Waals surface area (Å²) in [6.07, 6.45) is 8.54. The number of likely N-dealkylation sites (N-methyl/N-ethyl adjacent to an activating group) is 1. The molecule has 1 atom stereocenters. The Morgan fingerprint density at radius 2 is 1.92 bits per heavy atom. The number of aromatic nitrogens is 1. The number of aryl methyl sites for hydroxylation is 1. The topological polar surface area (TPSA) is 29.3 Å². The number of allylic oxidation sites excluding steroid dienone is 2. The third-order valence-corrected chi connectivity index (χ3v) is 5.70. The minimum absolute atomic E-state index is 0.253. The van der Waals surface area contributed by atoms with Crippen LogP contribution in [0.15, 0.2) is 52.7 Å². The lowest BCUT2D eigenvalue weighted by Crippen LogP contribution is -2.38. The van der Waals surface area contributed by atoms with Gasteiger partial charge in [0.05, 0.1) is 5.54 Å². The smallest absolute Gasteiger partial charge is 0.227 e. The highest BCUT2D eigenvalue weighted by atomic mass is 16.3. The Hall–Kier alpha value is -2.55. The molecule has 0 N–H and O–H groups in total. The molecular formula is C23H26N2O. The van der Waals surface area contributed by atoms with E-state index in [4.69, 9.17) is 4.42 Å². The second kappa shape index (κ2) is 5.73. The lowest BCUT2D eigenvalue weighted by molar-refractivity contribution is 0.259. The van der Waals surface area contributed by atoms with Gasteiger partial charge in [-0.15, -0.1) is 0 Å². The molecule has 0 amide bonds. The summed E-state index contributed by atoms with van der Waals surface area (Å²) in [7, 11) is 2.12. The van der Waals surface area contributed by atoms with E-state index in [0.29, 0.717) is 5.92 Å². The van der Waals surface area contributed by atoms with Crippen LogP contribution in [0.25, 0.3) is 22.1 Å². The van der Waals surface area contributed by atoms with Crippen molar-refractivity contribution in [2.75, 3.05) is 7.05 Å². The molecule has 3 heterocycles. The number of benzene rings is 1. The summed E-state index contributed by atoms with van der Waals surface area (Å²) >= 11 is 0. The van der Waals surface area contributed by atoms with Crippen molar-refractivity contribution < 1.29 is 4.42 Å². The summed E-state index contributed by atoms with van der Waals surface area (Å²) in [5, 5.41) is 2.25. The summed E-state index contributed by atoms with van der Waals surface area (Å²) in [6.45, 7) is 10.9. The Bertz CT molecular complexity index is 1070. The predicted octanol–water partition coefficient (Wildman–Crippen LogP) is 6.03. The minimum Gasteiger partial charge on any atom is -0.437 e. The number of fused-ring (bicyclic) bond motifs is 3. The van der Waals surface area contributed by atoms with Crippen LogP contribution in [0, 0.1) is 6.92 Å². The third kappa shape index (κ3) is 2.38. The van der Waals surface area contributed by atoms with Crippen molar-refractivity contribution in [1.29, 1.82) is 0 Å². The second-order valence-corrected chi connectivity index (χ2v) is 7.97. The van der Waals surface area contributed by atoms with Gasteiger partial charge in [-0.05, 0) is 50.0 Å². The standard InChI is InChI=1S/C23H26N2O/c1-14(2)17-11-19-18-8-7-16(4)20(21(18)26-22(19)24-13-17)23(5)12-15(3)9-10-25(23)6/h7-14H,1-6H3. The zero-order chi connectivity index (χ0) is 18.6.